The average molecular weight is 465 g/mol. The highest BCUT2D eigenvalue weighted by Crippen LogP contribution is 2.36. The van der Waals surface area contributed by atoms with E-state index in [1.807, 2.05) is 24.3 Å². The molecule has 0 spiro atoms. The number of carbonyl (C=O) groups is 2. The van der Waals surface area contributed by atoms with Gasteiger partial charge in [0.25, 0.3) is 11.1 Å². The summed E-state index contributed by atoms with van der Waals surface area (Å²) in [5.41, 5.74) is 7.50. The lowest BCUT2D eigenvalue weighted by Crippen LogP contribution is -2.27. The second-order valence-electron chi connectivity index (χ2n) is 7.96. The largest absolute Gasteiger partial charge is 0.317 e. The molecule has 2 amide bonds. The number of nitrogens with zero attached hydrogens (tertiary/aromatic N) is 2. The maximum atomic E-state index is 13.0. The van der Waals surface area contributed by atoms with Crippen molar-refractivity contribution in [3.63, 3.8) is 0 Å². The van der Waals surface area contributed by atoms with Crippen LogP contribution in [0.3, 0.4) is 0 Å². The highest BCUT2D eigenvalue weighted by molar-refractivity contribution is 8.18. The Hall–Kier alpha value is -2.76. The van der Waals surface area contributed by atoms with E-state index in [0.717, 1.165) is 40.7 Å². The lowest BCUT2D eigenvalue weighted by atomic mass is 10.1. The van der Waals surface area contributed by atoms with Crippen LogP contribution >= 0.6 is 23.4 Å². The standard InChI is InChI=1S/C26H25ClN2O2S/c1-5-19-11-8-9-16(2)24(19)29-17(3)13-21(18(29)4)14-23-25(30)28(26(31)32-23)15-20-10-6-7-12-22(20)27/h6-14H,5,15H2,1-4H3/b23-14-. The van der Waals surface area contributed by atoms with Crippen LogP contribution in [0.25, 0.3) is 11.8 Å². The lowest BCUT2D eigenvalue weighted by Gasteiger charge is -2.17. The van der Waals surface area contributed by atoms with E-state index in [-0.39, 0.29) is 17.7 Å². The molecule has 0 aliphatic carbocycles. The van der Waals surface area contributed by atoms with Gasteiger partial charge < -0.3 is 4.57 Å². The Morgan fingerprint density at radius 1 is 1.00 bits per heavy atom. The maximum Gasteiger partial charge on any atom is 0.293 e. The minimum Gasteiger partial charge on any atom is -0.317 e. The molecule has 2 heterocycles. The van der Waals surface area contributed by atoms with Crippen molar-refractivity contribution in [1.29, 1.82) is 0 Å². The van der Waals surface area contributed by atoms with Crippen molar-refractivity contribution in [2.75, 3.05) is 0 Å². The molecule has 164 valence electrons. The van der Waals surface area contributed by atoms with Gasteiger partial charge in [-0.1, -0.05) is 54.9 Å². The molecule has 1 saturated heterocycles. The molecule has 3 aromatic rings. The summed E-state index contributed by atoms with van der Waals surface area (Å²) < 4.78 is 2.24. The second kappa shape index (κ2) is 9.00. The van der Waals surface area contributed by atoms with Crippen LogP contribution in [0.5, 0.6) is 0 Å². The number of hydrogen-bond acceptors (Lipinski definition) is 3. The number of benzene rings is 2. The van der Waals surface area contributed by atoms with Crippen LogP contribution in [-0.2, 0) is 17.8 Å². The minimum absolute atomic E-state index is 0.170. The van der Waals surface area contributed by atoms with Gasteiger partial charge in [-0.3, -0.25) is 14.5 Å². The molecule has 0 atom stereocenters. The summed E-state index contributed by atoms with van der Waals surface area (Å²) in [6.07, 6.45) is 2.77. The smallest absolute Gasteiger partial charge is 0.293 e. The first-order chi connectivity index (χ1) is 15.3. The summed E-state index contributed by atoms with van der Waals surface area (Å²) in [7, 11) is 0. The molecule has 1 aliphatic heterocycles. The van der Waals surface area contributed by atoms with Crippen LogP contribution in [0.1, 0.15) is 40.6 Å². The number of aryl methyl sites for hydroxylation is 3. The predicted octanol–water partition coefficient (Wildman–Crippen LogP) is 6.85. The Labute approximate surface area is 197 Å². The van der Waals surface area contributed by atoms with Gasteiger partial charge in [-0.2, -0.15) is 0 Å². The van der Waals surface area contributed by atoms with Crippen LogP contribution in [0.2, 0.25) is 5.02 Å². The molecule has 1 fully saturated rings. The zero-order chi connectivity index (χ0) is 23.0. The van der Waals surface area contributed by atoms with Crippen molar-refractivity contribution in [2.24, 2.45) is 0 Å². The topological polar surface area (TPSA) is 42.3 Å². The molecule has 1 aromatic heterocycles. The summed E-state index contributed by atoms with van der Waals surface area (Å²) in [6.45, 7) is 8.57. The number of aromatic nitrogens is 1. The number of rotatable bonds is 5. The molecule has 0 bridgehead atoms. The van der Waals surface area contributed by atoms with Gasteiger partial charge in [0.1, 0.15) is 0 Å². The number of thioether (sulfide) groups is 1. The molecule has 0 saturated carbocycles. The van der Waals surface area contributed by atoms with Gasteiger partial charge in [0.05, 0.1) is 17.1 Å². The lowest BCUT2D eigenvalue weighted by molar-refractivity contribution is -0.123. The average Bonchev–Trinajstić information content (AvgIpc) is 3.19. The molecule has 0 unspecified atom stereocenters. The number of carbonyl (C=O) groups excluding carboxylic acids is 2. The van der Waals surface area contributed by atoms with Gasteiger partial charge in [-0.25, -0.2) is 0 Å². The molecule has 4 nitrogen and oxygen atoms in total. The third-order valence-electron chi connectivity index (χ3n) is 5.84. The van der Waals surface area contributed by atoms with E-state index in [9.17, 15) is 9.59 Å². The number of para-hydroxylation sites is 1. The number of imide groups is 1. The Morgan fingerprint density at radius 2 is 1.72 bits per heavy atom. The zero-order valence-corrected chi connectivity index (χ0v) is 20.2. The SMILES string of the molecule is CCc1cccc(C)c1-n1c(C)cc(/C=C2\SC(=O)N(Cc3ccccc3Cl)C2=O)c1C. The van der Waals surface area contributed by atoms with Crippen LogP contribution in [0.4, 0.5) is 4.79 Å². The summed E-state index contributed by atoms with van der Waals surface area (Å²) in [6, 6.07) is 15.7. The monoisotopic (exact) mass is 464 g/mol. The molecule has 0 N–H and O–H groups in total. The Morgan fingerprint density at radius 3 is 2.44 bits per heavy atom. The van der Waals surface area contributed by atoms with Crippen molar-refractivity contribution < 1.29 is 9.59 Å². The zero-order valence-electron chi connectivity index (χ0n) is 18.6. The highest BCUT2D eigenvalue weighted by Gasteiger charge is 2.35. The van der Waals surface area contributed by atoms with Crippen LogP contribution in [0.15, 0.2) is 53.4 Å². The van der Waals surface area contributed by atoms with Gasteiger partial charge in [-0.05, 0) is 79.4 Å². The molecular formula is C26H25ClN2O2S. The molecule has 0 radical (unpaired) electrons. The Bertz CT molecular complexity index is 1260. The molecule has 32 heavy (non-hydrogen) atoms. The number of amides is 2. The fourth-order valence-corrected chi connectivity index (χ4v) is 5.20. The molecule has 6 heteroatoms. The predicted molar refractivity (Wildman–Crippen MR) is 132 cm³/mol. The third kappa shape index (κ3) is 4.03. The first-order valence-electron chi connectivity index (χ1n) is 10.6. The summed E-state index contributed by atoms with van der Waals surface area (Å²) in [4.78, 5) is 27.3. The fourth-order valence-electron chi connectivity index (χ4n) is 4.18. The van der Waals surface area contributed by atoms with E-state index in [2.05, 4.69) is 56.5 Å². The van der Waals surface area contributed by atoms with Crippen molar-refractivity contribution in [2.45, 2.75) is 40.7 Å². The van der Waals surface area contributed by atoms with Crippen LogP contribution in [0, 0.1) is 20.8 Å². The first kappa shape index (κ1) is 22.4. The van der Waals surface area contributed by atoms with E-state index in [4.69, 9.17) is 11.6 Å². The molecule has 2 aromatic carbocycles. The molecular weight excluding hydrogens is 440 g/mol. The van der Waals surface area contributed by atoms with Crippen molar-refractivity contribution in [3.8, 4) is 5.69 Å². The number of hydrogen-bond donors (Lipinski definition) is 0. The van der Waals surface area contributed by atoms with Crippen LogP contribution < -0.4 is 0 Å². The highest BCUT2D eigenvalue weighted by atomic mass is 35.5. The third-order valence-corrected chi connectivity index (χ3v) is 7.12. The summed E-state index contributed by atoms with van der Waals surface area (Å²) >= 11 is 7.21. The van der Waals surface area contributed by atoms with E-state index < -0.39 is 0 Å². The van der Waals surface area contributed by atoms with Gasteiger partial charge >= 0.3 is 0 Å². The van der Waals surface area contributed by atoms with Gasteiger partial charge in [-0.15, -0.1) is 0 Å². The van der Waals surface area contributed by atoms with E-state index >= 15 is 0 Å². The molecule has 4 rings (SSSR count). The van der Waals surface area contributed by atoms with Gasteiger partial charge in [0, 0.05) is 16.4 Å². The first-order valence-corrected chi connectivity index (χ1v) is 11.8. The van der Waals surface area contributed by atoms with Crippen molar-refractivity contribution in [1.82, 2.24) is 9.47 Å². The second-order valence-corrected chi connectivity index (χ2v) is 9.36. The van der Waals surface area contributed by atoms with E-state index in [1.165, 1.54) is 21.7 Å². The Balaban J connectivity index is 1.69. The Kier molecular flexibility index (Phi) is 6.31. The summed E-state index contributed by atoms with van der Waals surface area (Å²) in [5, 5.41) is 0.270. The van der Waals surface area contributed by atoms with Gasteiger partial charge in [0.15, 0.2) is 0 Å². The minimum atomic E-state index is -0.283. The molecule has 1 aliphatic rings. The van der Waals surface area contributed by atoms with Crippen molar-refractivity contribution >= 4 is 40.6 Å². The fraction of sp³-hybridized carbons (Fsp3) is 0.231. The quantitative estimate of drug-likeness (QED) is 0.387. The normalized spacial score (nSPS) is 15.3. The van der Waals surface area contributed by atoms with Gasteiger partial charge in [0.2, 0.25) is 0 Å². The summed E-state index contributed by atoms with van der Waals surface area (Å²) in [5.74, 6) is -0.283. The van der Waals surface area contributed by atoms with E-state index in [1.54, 1.807) is 6.07 Å². The van der Waals surface area contributed by atoms with Crippen LogP contribution in [-0.4, -0.2) is 20.6 Å². The van der Waals surface area contributed by atoms with Crippen molar-refractivity contribution in [3.05, 3.63) is 92.1 Å². The number of halogens is 1. The maximum absolute atomic E-state index is 13.0. The van der Waals surface area contributed by atoms with E-state index in [0.29, 0.717) is 9.93 Å².